The largest absolute Gasteiger partial charge is 0.481 e. The number of pyridine rings is 1. The van der Waals surface area contributed by atoms with Crippen molar-refractivity contribution in [2.24, 2.45) is 11.8 Å². The highest BCUT2D eigenvalue weighted by Gasteiger charge is 2.37. The maximum absolute atomic E-state index is 12.9. The Labute approximate surface area is 103 Å². The van der Waals surface area contributed by atoms with Gasteiger partial charge in [-0.05, 0) is 12.0 Å². The first-order chi connectivity index (χ1) is 8.49. The van der Waals surface area contributed by atoms with E-state index in [0.717, 1.165) is 6.07 Å². The van der Waals surface area contributed by atoms with Gasteiger partial charge in [-0.15, -0.1) is 0 Å². The molecule has 2 rings (SSSR count). The van der Waals surface area contributed by atoms with Crippen LogP contribution in [0.25, 0.3) is 0 Å². The number of aliphatic carboxylic acids is 1. The van der Waals surface area contributed by atoms with Gasteiger partial charge in [0.25, 0.3) is 5.91 Å². The third kappa shape index (κ3) is 2.32. The first-order valence-corrected chi connectivity index (χ1v) is 5.62. The third-order valence-electron chi connectivity index (χ3n) is 3.19. The first-order valence-electron chi connectivity index (χ1n) is 5.62. The maximum Gasteiger partial charge on any atom is 0.308 e. The number of rotatable bonds is 2. The summed E-state index contributed by atoms with van der Waals surface area (Å²) in [5.41, 5.74) is 0.195. The molecule has 1 aromatic rings. The smallest absolute Gasteiger partial charge is 0.308 e. The monoisotopic (exact) mass is 252 g/mol. The number of hydrogen-bond acceptors (Lipinski definition) is 3. The lowest BCUT2D eigenvalue weighted by Crippen LogP contribution is -2.30. The summed E-state index contributed by atoms with van der Waals surface area (Å²) in [5.74, 6) is -2.63. The maximum atomic E-state index is 12.9. The van der Waals surface area contributed by atoms with E-state index in [1.54, 1.807) is 6.92 Å². The summed E-state index contributed by atoms with van der Waals surface area (Å²) in [6, 6.07) is 2.48. The number of amides is 1. The molecule has 1 aromatic heterocycles. The topological polar surface area (TPSA) is 70.5 Å². The minimum absolute atomic E-state index is 0.0989. The molecule has 0 bridgehead atoms. The lowest BCUT2D eigenvalue weighted by molar-refractivity contribution is -0.142. The Kier molecular flexibility index (Phi) is 3.27. The molecule has 2 atom stereocenters. The highest BCUT2D eigenvalue weighted by molar-refractivity contribution is 5.94. The van der Waals surface area contributed by atoms with E-state index in [9.17, 15) is 14.0 Å². The van der Waals surface area contributed by atoms with E-state index in [0.29, 0.717) is 6.54 Å². The van der Waals surface area contributed by atoms with Gasteiger partial charge in [0.1, 0.15) is 0 Å². The zero-order chi connectivity index (χ0) is 13.3. The lowest BCUT2D eigenvalue weighted by atomic mass is 9.99. The van der Waals surface area contributed by atoms with Crippen LogP contribution < -0.4 is 0 Å². The first kappa shape index (κ1) is 12.5. The highest BCUT2D eigenvalue weighted by Crippen LogP contribution is 2.24. The molecule has 0 saturated carbocycles. The zero-order valence-corrected chi connectivity index (χ0v) is 9.84. The standard InChI is InChI=1S/C12H13FN2O3/c1-7-5-15(6-9(7)12(17)18)11(16)8-2-3-14-10(13)4-8/h2-4,7,9H,5-6H2,1H3,(H,17,18)/t7-,9-/m1/s1. The van der Waals surface area contributed by atoms with E-state index >= 15 is 0 Å². The number of nitrogens with zero attached hydrogens (tertiary/aromatic N) is 2. The summed E-state index contributed by atoms with van der Waals surface area (Å²) in [5, 5.41) is 8.99. The Bertz CT molecular complexity index is 492. The molecule has 1 aliphatic rings. The lowest BCUT2D eigenvalue weighted by Gasteiger charge is -2.15. The van der Waals surface area contributed by atoms with Gasteiger partial charge in [-0.25, -0.2) is 4.98 Å². The number of halogens is 1. The van der Waals surface area contributed by atoms with E-state index in [2.05, 4.69) is 4.98 Å². The van der Waals surface area contributed by atoms with Crippen LogP contribution in [0.1, 0.15) is 17.3 Å². The molecule has 0 spiro atoms. The van der Waals surface area contributed by atoms with Crippen molar-refractivity contribution in [3.05, 3.63) is 29.8 Å². The second kappa shape index (κ2) is 4.72. The number of carboxylic acid groups (broad SMARTS) is 1. The zero-order valence-electron chi connectivity index (χ0n) is 9.84. The van der Waals surface area contributed by atoms with Crippen molar-refractivity contribution >= 4 is 11.9 Å². The van der Waals surface area contributed by atoms with E-state index in [1.165, 1.54) is 17.2 Å². The van der Waals surface area contributed by atoms with Gasteiger partial charge in [0.15, 0.2) is 0 Å². The Balaban J connectivity index is 2.14. The van der Waals surface area contributed by atoms with Crippen molar-refractivity contribution in [2.45, 2.75) is 6.92 Å². The molecule has 0 radical (unpaired) electrons. The van der Waals surface area contributed by atoms with Crippen LogP contribution in [0.4, 0.5) is 4.39 Å². The number of carboxylic acids is 1. The third-order valence-corrected chi connectivity index (χ3v) is 3.19. The number of carbonyl (C=O) groups is 2. The summed E-state index contributed by atoms with van der Waals surface area (Å²) >= 11 is 0. The van der Waals surface area contributed by atoms with Crippen molar-refractivity contribution in [3.8, 4) is 0 Å². The van der Waals surface area contributed by atoms with Crippen LogP contribution in [-0.2, 0) is 4.79 Å². The van der Waals surface area contributed by atoms with Crippen molar-refractivity contribution in [1.82, 2.24) is 9.88 Å². The number of likely N-dealkylation sites (tertiary alicyclic amines) is 1. The summed E-state index contributed by atoms with van der Waals surface area (Å²) in [6.45, 7) is 2.33. The molecule has 1 aliphatic heterocycles. The highest BCUT2D eigenvalue weighted by atomic mass is 19.1. The SMILES string of the molecule is C[C@@H]1CN(C(=O)c2ccnc(F)c2)C[C@H]1C(=O)O. The normalized spacial score (nSPS) is 23.1. The summed E-state index contributed by atoms with van der Waals surface area (Å²) in [4.78, 5) is 27.8. The summed E-state index contributed by atoms with van der Waals surface area (Å²) < 4.78 is 12.9. The molecule has 1 N–H and O–H groups in total. The Morgan fingerprint density at radius 2 is 2.22 bits per heavy atom. The molecule has 18 heavy (non-hydrogen) atoms. The molecule has 0 aromatic carbocycles. The molecule has 1 amide bonds. The fourth-order valence-corrected chi connectivity index (χ4v) is 2.17. The number of carbonyl (C=O) groups excluding carboxylic acids is 1. The summed E-state index contributed by atoms with van der Waals surface area (Å²) in [6.07, 6.45) is 1.22. The van der Waals surface area contributed by atoms with Crippen LogP contribution in [0, 0.1) is 17.8 Å². The van der Waals surface area contributed by atoms with E-state index in [-0.39, 0.29) is 23.9 Å². The van der Waals surface area contributed by atoms with Gasteiger partial charge in [0.2, 0.25) is 5.95 Å². The van der Waals surface area contributed by atoms with Gasteiger partial charge in [0, 0.05) is 30.9 Å². The van der Waals surface area contributed by atoms with Crippen LogP contribution >= 0.6 is 0 Å². The Hall–Kier alpha value is -1.98. The van der Waals surface area contributed by atoms with Crippen molar-refractivity contribution in [2.75, 3.05) is 13.1 Å². The van der Waals surface area contributed by atoms with Crippen LogP contribution in [0.2, 0.25) is 0 Å². The second-order valence-electron chi connectivity index (χ2n) is 4.50. The van der Waals surface area contributed by atoms with Crippen molar-refractivity contribution in [3.63, 3.8) is 0 Å². The molecule has 1 fully saturated rings. The van der Waals surface area contributed by atoms with Crippen LogP contribution in [0.15, 0.2) is 18.3 Å². The fourth-order valence-electron chi connectivity index (χ4n) is 2.17. The van der Waals surface area contributed by atoms with Crippen molar-refractivity contribution < 1.29 is 19.1 Å². The van der Waals surface area contributed by atoms with Crippen LogP contribution in [-0.4, -0.2) is 40.0 Å². The van der Waals surface area contributed by atoms with Crippen LogP contribution in [0.5, 0.6) is 0 Å². The molecular weight excluding hydrogens is 239 g/mol. The minimum Gasteiger partial charge on any atom is -0.481 e. The second-order valence-corrected chi connectivity index (χ2v) is 4.50. The Morgan fingerprint density at radius 3 is 2.78 bits per heavy atom. The van der Waals surface area contributed by atoms with E-state index in [1.807, 2.05) is 0 Å². The average Bonchev–Trinajstić information content (AvgIpc) is 2.70. The molecule has 1 saturated heterocycles. The molecule has 0 aliphatic carbocycles. The van der Waals surface area contributed by atoms with Gasteiger partial charge in [0.05, 0.1) is 5.92 Å². The predicted molar refractivity (Wildman–Crippen MR) is 60.4 cm³/mol. The van der Waals surface area contributed by atoms with E-state index < -0.39 is 17.8 Å². The van der Waals surface area contributed by atoms with Gasteiger partial charge in [-0.3, -0.25) is 9.59 Å². The quantitative estimate of drug-likeness (QED) is 0.797. The molecular formula is C12H13FN2O3. The summed E-state index contributed by atoms with van der Waals surface area (Å²) in [7, 11) is 0. The van der Waals surface area contributed by atoms with Crippen molar-refractivity contribution in [1.29, 1.82) is 0 Å². The van der Waals surface area contributed by atoms with Gasteiger partial charge in [-0.2, -0.15) is 4.39 Å². The molecule has 0 unspecified atom stereocenters. The minimum atomic E-state index is -0.904. The van der Waals surface area contributed by atoms with Gasteiger partial charge < -0.3 is 10.0 Å². The number of hydrogen-bond donors (Lipinski definition) is 1. The fraction of sp³-hybridized carbons (Fsp3) is 0.417. The number of aromatic nitrogens is 1. The van der Waals surface area contributed by atoms with E-state index in [4.69, 9.17) is 5.11 Å². The van der Waals surface area contributed by atoms with Gasteiger partial charge in [-0.1, -0.05) is 6.92 Å². The molecule has 2 heterocycles. The van der Waals surface area contributed by atoms with Crippen LogP contribution in [0.3, 0.4) is 0 Å². The Morgan fingerprint density at radius 1 is 1.50 bits per heavy atom. The average molecular weight is 252 g/mol. The predicted octanol–water partition coefficient (Wildman–Crippen LogP) is 1.01. The molecule has 5 nitrogen and oxygen atoms in total. The molecule has 6 heteroatoms. The molecule has 96 valence electrons. The van der Waals surface area contributed by atoms with Gasteiger partial charge >= 0.3 is 5.97 Å².